The van der Waals surface area contributed by atoms with Crippen LogP contribution in [0.1, 0.15) is 45.4 Å². The normalized spacial score (nSPS) is 15.0. The zero-order valence-electron chi connectivity index (χ0n) is 18.5. The molecule has 32 heavy (non-hydrogen) atoms. The number of alkyl halides is 1. The van der Waals surface area contributed by atoms with E-state index < -0.39 is 42.7 Å². The number of halogens is 1. The van der Waals surface area contributed by atoms with Gasteiger partial charge in [0.25, 0.3) is 5.91 Å². The van der Waals surface area contributed by atoms with Gasteiger partial charge in [-0.1, -0.05) is 0 Å². The SMILES string of the molecule is CC(N)=NCCCCC(N)C(=O)OCC(=O)NCC(N)(CCCCN=C(N)CF)C(=O)O. The highest BCUT2D eigenvalue weighted by atomic mass is 19.1. The van der Waals surface area contributed by atoms with Gasteiger partial charge in [0.15, 0.2) is 6.61 Å². The van der Waals surface area contributed by atoms with Crippen molar-refractivity contribution in [1.29, 1.82) is 0 Å². The Balaban J connectivity index is 4.28. The van der Waals surface area contributed by atoms with Crippen molar-refractivity contribution >= 4 is 29.5 Å². The summed E-state index contributed by atoms with van der Waals surface area (Å²) >= 11 is 0. The summed E-state index contributed by atoms with van der Waals surface area (Å²) in [6.07, 6.45) is 2.59. The highest BCUT2D eigenvalue weighted by Gasteiger charge is 2.33. The van der Waals surface area contributed by atoms with Gasteiger partial charge >= 0.3 is 11.9 Å². The third kappa shape index (κ3) is 13.5. The standard InChI is InChI=1S/C19H36FN7O5/c1-13(21)25-8-4-2-6-14(22)17(29)32-11-16(28)27-12-19(24,18(30)31)7-3-5-9-26-15(23)10-20/h14H,2-12,22,24H2,1H3,(H2,21,25)(H2,23,26)(H,27,28)(H,30,31). The van der Waals surface area contributed by atoms with Crippen LogP contribution in [0, 0.1) is 0 Å². The number of nitrogens with one attached hydrogen (secondary N) is 1. The Bertz CT molecular complexity index is 670. The molecule has 0 aromatic rings. The Morgan fingerprint density at radius 1 is 1.12 bits per heavy atom. The summed E-state index contributed by atoms with van der Waals surface area (Å²) < 4.78 is 17.1. The van der Waals surface area contributed by atoms with Crippen molar-refractivity contribution in [2.24, 2.45) is 32.9 Å². The maximum atomic E-state index is 12.2. The number of carboxylic acids is 1. The van der Waals surface area contributed by atoms with E-state index in [9.17, 15) is 23.9 Å². The molecule has 0 aliphatic carbocycles. The van der Waals surface area contributed by atoms with Crippen molar-refractivity contribution < 1.29 is 28.6 Å². The van der Waals surface area contributed by atoms with E-state index in [2.05, 4.69) is 15.3 Å². The number of nitrogens with two attached hydrogens (primary N) is 4. The molecule has 0 saturated carbocycles. The third-order valence-corrected chi connectivity index (χ3v) is 4.44. The predicted octanol–water partition coefficient (Wildman–Crippen LogP) is -1.20. The first-order chi connectivity index (χ1) is 15.0. The zero-order chi connectivity index (χ0) is 24.6. The maximum Gasteiger partial charge on any atom is 0.325 e. The van der Waals surface area contributed by atoms with E-state index in [-0.39, 0.29) is 25.3 Å². The van der Waals surface area contributed by atoms with Crippen LogP contribution in [0.25, 0.3) is 0 Å². The number of carbonyl (C=O) groups is 3. The van der Waals surface area contributed by atoms with Gasteiger partial charge in [-0.15, -0.1) is 0 Å². The lowest BCUT2D eigenvalue weighted by molar-refractivity contribution is -0.150. The lowest BCUT2D eigenvalue weighted by Crippen LogP contribution is -2.56. The summed E-state index contributed by atoms with van der Waals surface area (Å²) in [7, 11) is 0. The van der Waals surface area contributed by atoms with Crippen LogP contribution in [-0.4, -0.2) is 79.1 Å². The third-order valence-electron chi connectivity index (χ3n) is 4.44. The highest BCUT2D eigenvalue weighted by molar-refractivity contribution is 5.84. The number of rotatable bonds is 17. The molecule has 0 radical (unpaired) electrons. The van der Waals surface area contributed by atoms with Gasteiger partial charge in [0, 0.05) is 19.6 Å². The molecule has 0 spiro atoms. The van der Waals surface area contributed by atoms with E-state index >= 15 is 0 Å². The molecule has 0 aliphatic rings. The van der Waals surface area contributed by atoms with Gasteiger partial charge in [0.05, 0.1) is 5.84 Å². The quantitative estimate of drug-likeness (QED) is 0.0661. The largest absolute Gasteiger partial charge is 0.480 e. The summed E-state index contributed by atoms with van der Waals surface area (Å²) in [5.74, 6) is -2.37. The van der Waals surface area contributed by atoms with E-state index in [1.54, 1.807) is 6.92 Å². The van der Waals surface area contributed by atoms with Crippen molar-refractivity contribution in [3.8, 4) is 0 Å². The Labute approximate surface area is 187 Å². The average molecular weight is 462 g/mol. The number of nitrogens with zero attached hydrogens (tertiary/aromatic N) is 2. The molecule has 0 fully saturated rings. The van der Waals surface area contributed by atoms with Crippen LogP contribution in [0.4, 0.5) is 4.39 Å². The molecule has 184 valence electrons. The van der Waals surface area contributed by atoms with Crippen LogP contribution in [0.3, 0.4) is 0 Å². The van der Waals surface area contributed by atoms with Gasteiger partial charge in [-0.3, -0.25) is 24.4 Å². The van der Waals surface area contributed by atoms with Gasteiger partial charge in [-0.2, -0.15) is 0 Å². The Morgan fingerprint density at radius 2 is 1.75 bits per heavy atom. The number of aliphatic imine (C=N–C) groups is 2. The second-order valence-corrected chi connectivity index (χ2v) is 7.43. The second kappa shape index (κ2) is 15.9. The molecule has 0 aromatic carbocycles. The van der Waals surface area contributed by atoms with Crippen molar-refractivity contribution in [2.75, 3.05) is 32.9 Å². The first-order valence-corrected chi connectivity index (χ1v) is 10.3. The van der Waals surface area contributed by atoms with E-state index in [4.69, 9.17) is 27.7 Å². The minimum absolute atomic E-state index is 0.0477. The van der Waals surface area contributed by atoms with Gasteiger partial charge in [0.1, 0.15) is 24.1 Å². The van der Waals surface area contributed by atoms with Gasteiger partial charge in [0.2, 0.25) is 0 Å². The van der Waals surface area contributed by atoms with Crippen molar-refractivity contribution in [3.63, 3.8) is 0 Å². The number of amidine groups is 2. The summed E-state index contributed by atoms with van der Waals surface area (Å²) in [6, 6.07) is -0.882. The molecule has 0 aromatic heterocycles. The number of ether oxygens (including phenoxy) is 1. The fourth-order valence-corrected chi connectivity index (χ4v) is 2.49. The number of esters is 1. The van der Waals surface area contributed by atoms with E-state index in [0.717, 1.165) is 0 Å². The summed E-state index contributed by atoms with van der Waals surface area (Å²) in [5.41, 5.74) is 20.6. The first-order valence-electron chi connectivity index (χ1n) is 10.3. The molecule has 2 atom stereocenters. The fourth-order valence-electron chi connectivity index (χ4n) is 2.49. The molecule has 0 rings (SSSR count). The molecular formula is C19H36FN7O5. The Kier molecular flexibility index (Phi) is 14.5. The number of hydrogen-bond acceptors (Lipinski definition) is 8. The molecule has 12 nitrogen and oxygen atoms in total. The lowest BCUT2D eigenvalue weighted by Gasteiger charge is -2.25. The van der Waals surface area contributed by atoms with Gasteiger partial charge < -0.3 is 38.1 Å². The number of amides is 1. The molecule has 10 N–H and O–H groups in total. The number of carbonyl (C=O) groups excluding carboxylic acids is 2. The molecule has 2 unspecified atom stereocenters. The Hall–Kier alpha value is -2.80. The molecule has 0 heterocycles. The zero-order valence-corrected chi connectivity index (χ0v) is 18.5. The summed E-state index contributed by atoms with van der Waals surface area (Å²) in [4.78, 5) is 43.1. The van der Waals surface area contributed by atoms with Crippen LogP contribution in [0.5, 0.6) is 0 Å². The van der Waals surface area contributed by atoms with Crippen molar-refractivity contribution in [3.05, 3.63) is 0 Å². The molecule has 13 heteroatoms. The van der Waals surface area contributed by atoms with Crippen LogP contribution in [0.15, 0.2) is 9.98 Å². The van der Waals surface area contributed by atoms with Crippen LogP contribution in [-0.2, 0) is 19.1 Å². The average Bonchev–Trinajstić information content (AvgIpc) is 2.74. The van der Waals surface area contributed by atoms with Gasteiger partial charge in [-0.25, -0.2) is 4.39 Å². The van der Waals surface area contributed by atoms with Crippen LogP contribution >= 0.6 is 0 Å². The molecule has 0 saturated heterocycles. The first kappa shape index (κ1) is 29.2. The van der Waals surface area contributed by atoms with Gasteiger partial charge in [-0.05, 0) is 45.4 Å². The summed E-state index contributed by atoms with van der Waals surface area (Å²) in [5, 5.41) is 11.7. The highest BCUT2D eigenvalue weighted by Crippen LogP contribution is 2.11. The van der Waals surface area contributed by atoms with E-state index in [1.807, 2.05) is 0 Å². The predicted molar refractivity (Wildman–Crippen MR) is 119 cm³/mol. The molecule has 0 aliphatic heterocycles. The number of unbranched alkanes of at least 4 members (excludes halogenated alkanes) is 2. The smallest absolute Gasteiger partial charge is 0.325 e. The topological polar surface area (TPSA) is 222 Å². The number of aliphatic carboxylic acids is 1. The van der Waals surface area contributed by atoms with Crippen LogP contribution in [0.2, 0.25) is 0 Å². The monoisotopic (exact) mass is 461 g/mol. The molecule has 0 bridgehead atoms. The van der Waals surface area contributed by atoms with Crippen molar-refractivity contribution in [1.82, 2.24) is 5.32 Å². The second-order valence-electron chi connectivity index (χ2n) is 7.43. The minimum atomic E-state index is -1.71. The Morgan fingerprint density at radius 3 is 2.34 bits per heavy atom. The minimum Gasteiger partial charge on any atom is -0.480 e. The number of hydrogen-bond donors (Lipinski definition) is 6. The number of carboxylic acid groups (broad SMARTS) is 1. The summed E-state index contributed by atoms with van der Waals surface area (Å²) in [6.45, 7) is 0.658. The molecule has 1 amide bonds. The van der Waals surface area contributed by atoms with E-state index in [1.165, 1.54) is 0 Å². The van der Waals surface area contributed by atoms with Crippen LogP contribution < -0.4 is 28.3 Å². The van der Waals surface area contributed by atoms with E-state index in [0.29, 0.717) is 44.5 Å². The molecular weight excluding hydrogens is 425 g/mol. The fraction of sp³-hybridized carbons (Fsp3) is 0.737. The van der Waals surface area contributed by atoms with Crippen molar-refractivity contribution in [2.45, 2.75) is 57.0 Å². The maximum absolute atomic E-state index is 12.2. The lowest BCUT2D eigenvalue weighted by atomic mass is 9.93.